The van der Waals surface area contributed by atoms with E-state index >= 15 is 0 Å². The Labute approximate surface area is 218 Å². The van der Waals surface area contributed by atoms with Gasteiger partial charge in [-0.15, -0.1) is 11.3 Å². The summed E-state index contributed by atoms with van der Waals surface area (Å²) < 4.78 is 0. The van der Waals surface area contributed by atoms with Gasteiger partial charge in [0, 0.05) is 48.3 Å². The molecule has 0 aliphatic rings. The van der Waals surface area contributed by atoms with Crippen LogP contribution in [0.25, 0.3) is 0 Å². The molecule has 0 aliphatic heterocycles. The summed E-state index contributed by atoms with van der Waals surface area (Å²) in [5, 5.41) is 39.1. The molecule has 3 rings (SSSR count). The maximum atomic E-state index is 9.50. The lowest BCUT2D eigenvalue weighted by molar-refractivity contribution is 0.301. The lowest BCUT2D eigenvalue weighted by Gasteiger charge is -2.27. The first-order chi connectivity index (χ1) is 17.5. The number of nitrogens with zero attached hydrogens (tertiary/aromatic N) is 4. The van der Waals surface area contributed by atoms with Crippen molar-refractivity contribution in [2.75, 3.05) is 49.2 Å². The number of benzene rings is 2. The molecule has 1 heterocycles. The normalized spacial score (nSPS) is 10.8. The molecule has 188 valence electrons. The highest BCUT2D eigenvalue weighted by Crippen LogP contribution is 2.39. The van der Waals surface area contributed by atoms with Crippen LogP contribution in [0.2, 0.25) is 0 Å². The van der Waals surface area contributed by atoms with Gasteiger partial charge >= 0.3 is 0 Å². The number of rotatable bonds is 13. The van der Waals surface area contributed by atoms with Crippen molar-refractivity contribution in [3.63, 3.8) is 0 Å². The molecule has 0 aliphatic carbocycles. The average molecular weight is 503 g/mol. The first-order valence-electron chi connectivity index (χ1n) is 12.2. The number of aliphatic hydroxyl groups is 2. The van der Waals surface area contributed by atoms with Gasteiger partial charge in [0.1, 0.15) is 0 Å². The van der Waals surface area contributed by atoms with Gasteiger partial charge in [-0.1, -0.05) is 18.2 Å². The van der Waals surface area contributed by atoms with Gasteiger partial charge in [-0.25, -0.2) is 0 Å². The summed E-state index contributed by atoms with van der Waals surface area (Å²) in [4.78, 5) is 5.36. The Bertz CT molecular complexity index is 1120. The molecule has 3 aromatic rings. The standard InChI is InChI=1S/C29H34N4O2S/c1-22-20-24(32(15-17-34)13-4-11-30)7-9-26(22)29(28-6-3-19-36-28)27-10-8-25(21-23(27)2)33(16-18-35)14-5-12-31/h3,6-10,19-21,29,34-35H,4-5,13-18H2,1-2H3. The predicted molar refractivity (Wildman–Crippen MR) is 147 cm³/mol. The van der Waals surface area contributed by atoms with E-state index in [2.05, 4.69) is 89.7 Å². The van der Waals surface area contributed by atoms with E-state index in [9.17, 15) is 10.2 Å². The Kier molecular flexibility index (Phi) is 10.3. The third kappa shape index (κ3) is 6.65. The largest absolute Gasteiger partial charge is 0.395 e. The molecule has 2 N–H and O–H groups in total. The molecule has 0 atom stereocenters. The van der Waals surface area contributed by atoms with Crippen LogP contribution in [0.5, 0.6) is 0 Å². The first kappa shape index (κ1) is 27.2. The van der Waals surface area contributed by atoms with E-state index in [0.717, 1.165) is 22.5 Å². The van der Waals surface area contributed by atoms with Gasteiger partial charge in [0.25, 0.3) is 0 Å². The van der Waals surface area contributed by atoms with Crippen LogP contribution in [0.1, 0.15) is 45.9 Å². The van der Waals surface area contributed by atoms with Crippen molar-refractivity contribution < 1.29 is 10.2 Å². The Morgan fingerprint density at radius 2 is 1.28 bits per heavy atom. The molecule has 0 amide bonds. The zero-order chi connectivity index (χ0) is 25.9. The molecule has 2 aromatic carbocycles. The van der Waals surface area contributed by atoms with Gasteiger partial charge in [-0.3, -0.25) is 0 Å². The monoisotopic (exact) mass is 502 g/mol. The van der Waals surface area contributed by atoms with Gasteiger partial charge < -0.3 is 20.0 Å². The molecule has 0 saturated carbocycles. The molecular formula is C29H34N4O2S. The van der Waals surface area contributed by atoms with E-state index in [1.165, 1.54) is 16.0 Å². The Hall–Kier alpha value is -3.36. The van der Waals surface area contributed by atoms with Crippen molar-refractivity contribution in [1.29, 1.82) is 10.5 Å². The zero-order valence-corrected chi connectivity index (χ0v) is 21.8. The second-order valence-electron chi connectivity index (χ2n) is 8.77. The summed E-state index contributed by atoms with van der Waals surface area (Å²) in [5.74, 6) is 0.0731. The van der Waals surface area contributed by atoms with Crippen molar-refractivity contribution >= 4 is 22.7 Å². The molecule has 7 heteroatoms. The smallest absolute Gasteiger partial charge is 0.0640 e. The minimum absolute atomic E-state index is 0.0389. The van der Waals surface area contributed by atoms with Crippen LogP contribution in [-0.4, -0.2) is 49.6 Å². The SMILES string of the molecule is Cc1cc(N(CCO)CCC#N)ccc1C(c1cccs1)c1ccc(N(CCO)CCC#N)cc1C. The van der Waals surface area contributed by atoms with Gasteiger partial charge in [0.2, 0.25) is 0 Å². The third-order valence-electron chi connectivity index (χ3n) is 6.41. The predicted octanol–water partition coefficient (Wildman–Crippen LogP) is 4.97. The summed E-state index contributed by atoms with van der Waals surface area (Å²) in [7, 11) is 0. The van der Waals surface area contributed by atoms with Crippen LogP contribution in [0.4, 0.5) is 11.4 Å². The van der Waals surface area contributed by atoms with Gasteiger partial charge in [0.05, 0.1) is 38.2 Å². The third-order valence-corrected chi connectivity index (χ3v) is 7.35. The molecule has 6 nitrogen and oxygen atoms in total. The summed E-state index contributed by atoms with van der Waals surface area (Å²) in [6.45, 7) is 6.47. The van der Waals surface area contributed by atoms with Gasteiger partial charge in [0.15, 0.2) is 0 Å². The van der Waals surface area contributed by atoms with Gasteiger partial charge in [-0.2, -0.15) is 10.5 Å². The minimum Gasteiger partial charge on any atom is -0.395 e. The maximum absolute atomic E-state index is 9.50. The lowest BCUT2D eigenvalue weighted by Crippen LogP contribution is -2.28. The van der Waals surface area contributed by atoms with E-state index in [1.54, 1.807) is 11.3 Å². The molecule has 0 saturated heterocycles. The lowest BCUT2D eigenvalue weighted by atomic mass is 9.84. The maximum Gasteiger partial charge on any atom is 0.0640 e. The van der Waals surface area contributed by atoms with Crippen LogP contribution in [0, 0.1) is 36.5 Å². The fraction of sp³-hybridized carbons (Fsp3) is 0.379. The average Bonchev–Trinajstić information content (AvgIpc) is 3.41. The molecule has 0 unspecified atom stereocenters. The van der Waals surface area contributed by atoms with Crippen LogP contribution >= 0.6 is 11.3 Å². The fourth-order valence-corrected chi connectivity index (χ4v) is 5.50. The first-order valence-corrected chi connectivity index (χ1v) is 13.1. The van der Waals surface area contributed by atoms with Crippen molar-refractivity contribution in [2.45, 2.75) is 32.6 Å². The van der Waals surface area contributed by atoms with Crippen LogP contribution in [0.3, 0.4) is 0 Å². The Morgan fingerprint density at radius 3 is 1.64 bits per heavy atom. The van der Waals surface area contributed by atoms with Crippen LogP contribution < -0.4 is 9.80 Å². The number of aliphatic hydroxyl groups excluding tert-OH is 2. The van der Waals surface area contributed by atoms with Crippen molar-refractivity contribution in [3.05, 3.63) is 81.0 Å². The van der Waals surface area contributed by atoms with Crippen molar-refractivity contribution in [2.24, 2.45) is 0 Å². The molecule has 0 bridgehead atoms. The molecule has 1 aromatic heterocycles. The molecule has 0 fully saturated rings. The topological polar surface area (TPSA) is 94.5 Å². The number of hydrogen-bond donors (Lipinski definition) is 2. The number of aryl methyl sites for hydroxylation is 2. The second-order valence-corrected chi connectivity index (χ2v) is 9.75. The summed E-state index contributed by atoms with van der Waals surface area (Å²) >= 11 is 1.74. The zero-order valence-electron chi connectivity index (χ0n) is 21.0. The van der Waals surface area contributed by atoms with E-state index in [1.807, 2.05) is 0 Å². The van der Waals surface area contributed by atoms with Crippen molar-refractivity contribution in [1.82, 2.24) is 0 Å². The molecule has 0 radical (unpaired) electrons. The minimum atomic E-state index is 0.0389. The highest BCUT2D eigenvalue weighted by atomic mass is 32.1. The molecular weight excluding hydrogens is 468 g/mol. The Morgan fingerprint density at radius 1 is 0.778 bits per heavy atom. The van der Waals surface area contributed by atoms with E-state index in [0.29, 0.717) is 39.0 Å². The van der Waals surface area contributed by atoms with Gasteiger partial charge in [-0.05, 0) is 71.8 Å². The number of nitriles is 2. The number of hydrogen-bond acceptors (Lipinski definition) is 7. The number of anilines is 2. The highest BCUT2D eigenvalue weighted by molar-refractivity contribution is 7.10. The highest BCUT2D eigenvalue weighted by Gasteiger charge is 2.23. The summed E-state index contributed by atoms with van der Waals surface area (Å²) in [5.41, 5.74) is 6.77. The quantitative estimate of drug-likeness (QED) is 0.343. The Balaban J connectivity index is 2.01. The van der Waals surface area contributed by atoms with Crippen LogP contribution in [-0.2, 0) is 0 Å². The van der Waals surface area contributed by atoms with Crippen LogP contribution in [0.15, 0.2) is 53.9 Å². The van der Waals surface area contributed by atoms with Crippen molar-refractivity contribution in [3.8, 4) is 12.1 Å². The molecule has 36 heavy (non-hydrogen) atoms. The number of thiophene rings is 1. The van der Waals surface area contributed by atoms with E-state index < -0.39 is 0 Å². The van der Waals surface area contributed by atoms with E-state index in [4.69, 9.17) is 10.5 Å². The molecule has 0 spiro atoms. The van der Waals surface area contributed by atoms with E-state index in [-0.39, 0.29) is 19.1 Å². The fourth-order valence-electron chi connectivity index (χ4n) is 4.64. The second kappa shape index (κ2) is 13.7. The summed E-state index contributed by atoms with van der Waals surface area (Å²) in [6, 6.07) is 21.5. The summed E-state index contributed by atoms with van der Waals surface area (Å²) in [6.07, 6.45) is 0.817.